The molecule has 7 rings (SSSR count). The van der Waals surface area contributed by atoms with Crippen LogP contribution in [0.15, 0.2) is 113 Å². The van der Waals surface area contributed by atoms with Gasteiger partial charge in [0.1, 0.15) is 11.5 Å². The molecule has 42 heavy (non-hydrogen) atoms. The van der Waals surface area contributed by atoms with Crippen LogP contribution >= 0.6 is 0 Å². The number of rotatable bonds is 4. The molecular weight excluding hydrogens is 516 g/mol. The predicted octanol–water partition coefficient (Wildman–Crippen LogP) is 8.51. The zero-order valence-corrected chi connectivity index (χ0v) is 22.8. The van der Waals surface area contributed by atoms with Gasteiger partial charge in [0.15, 0.2) is 0 Å². The lowest BCUT2D eigenvalue weighted by atomic mass is 9.80. The number of nitrogens with zero attached hydrogens (tertiary/aromatic N) is 2. The lowest BCUT2D eigenvalue weighted by Crippen LogP contribution is -2.04. The van der Waals surface area contributed by atoms with E-state index in [2.05, 4.69) is 64.3 Å². The fourth-order valence-corrected chi connectivity index (χ4v) is 5.57. The van der Waals surface area contributed by atoms with E-state index in [1.165, 1.54) is 33.0 Å². The second kappa shape index (κ2) is 10.7. The van der Waals surface area contributed by atoms with E-state index in [0.717, 1.165) is 24.0 Å². The van der Waals surface area contributed by atoms with E-state index in [9.17, 15) is 10.2 Å². The van der Waals surface area contributed by atoms with Crippen molar-refractivity contribution in [3.63, 3.8) is 0 Å². The van der Waals surface area contributed by atoms with Crippen LogP contribution in [0, 0.1) is 11.8 Å². The Morgan fingerprint density at radius 1 is 0.690 bits per heavy atom. The van der Waals surface area contributed by atoms with E-state index < -0.39 is 0 Å². The van der Waals surface area contributed by atoms with Gasteiger partial charge in [0.25, 0.3) is 0 Å². The Morgan fingerprint density at radius 3 is 2.17 bits per heavy atom. The maximum atomic E-state index is 10.2. The van der Waals surface area contributed by atoms with E-state index in [1.54, 1.807) is 48.8 Å². The summed E-state index contributed by atoms with van der Waals surface area (Å²) in [5, 5.41) is 23.0. The molecule has 0 heterocycles. The third kappa shape index (κ3) is 4.78. The molecule has 0 amide bonds. The summed E-state index contributed by atoms with van der Waals surface area (Å²) in [5.41, 5.74) is 9.58. The van der Waals surface area contributed by atoms with E-state index in [-0.39, 0.29) is 11.5 Å². The molecule has 0 aromatic heterocycles. The van der Waals surface area contributed by atoms with Crippen molar-refractivity contribution in [2.24, 2.45) is 9.98 Å². The number of phenolic OH excluding ortho intramolecular Hbond substituents is 2. The highest BCUT2D eigenvalue weighted by molar-refractivity contribution is 6.03. The van der Waals surface area contributed by atoms with Gasteiger partial charge >= 0.3 is 0 Å². The summed E-state index contributed by atoms with van der Waals surface area (Å²) >= 11 is 0. The number of hydrogen-bond acceptors (Lipinski definition) is 4. The van der Waals surface area contributed by atoms with Crippen LogP contribution in [0.3, 0.4) is 0 Å². The van der Waals surface area contributed by atoms with Gasteiger partial charge in [0.2, 0.25) is 0 Å². The molecule has 200 valence electrons. The van der Waals surface area contributed by atoms with Crippen LogP contribution in [0.2, 0.25) is 0 Å². The van der Waals surface area contributed by atoms with E-state index in [4.69, 9.17) is 0 Å². The maximum absolute atomic E-state index is 10.2. The maximum Gasteiger partial charge on any atom is 0.124 e. The molecule has 2 aliphatic carbocycles. The van der Waals surface area contributed by atoms with E-state index >= 15 is 0 Å². The number of benzene rings is 5. The van der Waals surface area contributed by atoms with Crippen molar-refractivity contribution in [2.75, 3.05) is 0 Å². The topological polar surface area (TPSA) is 65.2 Å². The minimum Gasteiger partial charge on any atom is -0.507 e. The smallest absolute Gasteiger partial charge is 0.124 e. The zero-order valence-electron chi connectivity index (χ0n) is 22.8. The SMILES string of the molecule is Oc1ccccc1C=Nc1ccc(C#Cc2ccc3ccc4c5c3c2CC=C5CC=C4)cc1N=Cc1ccccc1O. The molecule has 4 heteroatoms. The molecule has 0 radical (unpaired) electrons. The van der Waals surface area contributed by atoms with Gasteiger partial charge in [-0.25, -0.2) is 0 Å². The van der Waals surface area contributed by atoms with Gasteiger partial charge in [-0.15, -0.1) is 0 Å². The van der Waals surface area contributed by atoms with Gasteiger partial charge in [0.05, 0.1) is 11.4 Å². The number of para-hydroxylation sites is 2. The minimum atomic E-state index is 0.150. The molecule has 2 N–H and O–H groups in total. The molecule has 0 unspecified atom stereocenters. The summed E-state index contributed by atoms with van der Waals surface area (Å²) in [6.45, 7) is 0. The molecule has 0 bridgehead atoms. The summed E-state index contributed by atoms with van der Waals surface area (Å²) in [5.74, 6) is 7.10. The number of aliphatic imine (C=N–C) groups is 2. The van der Waals surface area contributed by atoms with Crippen LogP contribution in [-0.4, -0.2) is 22.6 Å². The average Bonchev–Trinajstić information content (AvgIpc) is 3.02. The molecule has 0 spiro atoms. The first-order valence-electron chi connectivity index (χ1n) is 13.9. The van der Waals surface area contributed by atoms with Crippen LogP contribution < -0.4 is 0 Å². The molecule has 4 nitrogen and oxygen atoms in total. The second-order valence-corrected chi connectivity index (χ2v) is 10.3. The van der Waals surface area contributed by atoms with Gasteiger partial charge in [-0.05, 0) is 94.4 Å². The molecular formula is C38H26N2O2. The third-order valence-electron chi connectivity index (χ3n) is 7.71. The van der Waals surface area contributed by atoms with Crippen molar-refractivity contribution in [2.45, 2.75) is 12.8 Å². The van der Waals surface area contributed by atoms with Gasteiger partial charge in [0, 0.05) is 34.7 Å². The van der Waals surface area contributed by atoms with Crippen molar-refractivity contribution >= 4 is 46.2 Å². The molecule has 5 aromatic carbocycles. The lowest BCUT2D eigenvalue weighted by Gasteiger charge is -2.24. The largest absolute Gasteiger partial charge is 0.507 e. The Kier molecular flexibility index (Phi) is 6.46. The first kappa shape index (κ1) is 25.3. The number of hydrogen-bond donors (Lipinski definition) is 2. The van der Waals surface area contributed by atoms with E-state index in [1.807, 2.05) is 30.3 Å². The molecule has 5 aromatic rings. The Hall–Kier alpha value is -5.66. The molecule has 0 saturated heterocycles. The quantitative estimate of drug-likeness (QED) is 0.177. The fraction of sp³-hybridized carbons (Fsp3) is 0.0526. The Labute approximate surface area is 244 Å². The summed E-state index contributed by atoms with van der Waals surface area (Å²) in [6.07, 6.45) is 11.9. The van der Waals surface area contributed by atoms with E-state index in [0.29, 0.717) is 22.5 Å². The first-order valence-corrected chi connectivity index (χ1v) is 13.9. The van der Waals surface area contributed by atoms with Gasteiger partial charge < -0.3 is 10.2 Å². The highest BCUT2D eigenvalue weighted by atomic mass is 16.3. The van der Waals surface area contributed by atoms with Crippen molar-refractivity contribution < 1.29 is 10.2 Å². The van der Waals surface area contributed by atoms with Crippen LogP contribution in [0.1, 0.15) is 45.4 Å². The Balaban J connectivity index is 1.28. The highest BCUT2D eigenvalue weighted by Gasteiger charge is 2.20. The van der Waals surface area contributed by atoms with Crippen LogP contribution in [-0.2, 0) is 6.42 Å². The van der Waals surface area contributed by atoms with Gasteiger partial charge in [-0.1, -0.05) is 72.5 Å². The highest BCUT2D eigenvalue weighted by Crippen LogP contribution is 2.41. The summed E-state index contributed by atoms with van der Waals surface area (Å²) < 4.78 is 0. The third-order valence-corrected chi connectivity index (χ3v) is 7.71. The number of allylic oxidation sites excluding steroid dienone is 3. The van der Waals surface area contributed by atoms with Crippen LogP contribution in [0.25, 0.3) is 22.4 Å². The molecule has 2 aliphatic rings. The summed E-state index contributed by atoms with van der Waals surface area (Å²) in [4.78, 5) is 9.29. The Morgan fingerprint density at radius 2 is 1.40 bits per heavy atom. The lowest BCUT2D eigenvalue weighted by molar-refractivity contribution is 0.474. The molecule has 0 saturated carbocycles. The number of phenols is 2. The first-order chi connectivity index (χ1) is 20.6. The van der Waals surface area contributed by atoms with Crippen molar-refractivity contribution in [1.29, 1.82) is 0 Å². The Bertz CT molecular complexity index is 2070. The molecule has 0 aliphatic heterocycles. The normalized spacial score (nSPS) is 13.4. The van der Waals surface area contributed by atoms with Crippen LogP contribution in [0.5, 0.6) is 11.5 Å². The van der Waals surface area contributed by atoms with Crippen LogP contribution in [0.4, 0.5) is 11.4 Å². The van der Waals surface area contributed by atoms with Crippen molar-refractivity contribution in [1.82, 2.24) is 0 Å². The summed E-state index contributed by atoms with van der Waals surface area (Å²) in [6, 6.07) is 28.5. The standard InChI is InChI=1S/C38H26N2O2/c41-35-10-3-1-6-30(35)23-39-33-21-13-25(22-34(33)40-24-31-7-2-4-11-36(31)42)12-14-26-15-16-29-18-17-27-8-5-9-28-19-20-32(26)38(29)37(27)28/h1-8,10-11,13,15-19,21-24,41-42H,9,20H2. The van der Waals surface area contributed by atoms with Crippen molar-refractivity contribution in [3.05, 3.63) is 142 Å². The second-order valence-electron chi connectivity index (χ2n) is 10.3. The number of aromatic hydroxyl groups is 2. The fourth-order valence-electron chi connectivity index (χ4n) is 5.57. The average molecular weight is 543 g/mol. The van der Waals surface area contributed by atoms with Gasteiger partial charge in [-0.2, -0.15) is 0 Å². The molecule has 0 atom stereocenters. The predicted molar refractivity (Wildman–Crippen MR) is 172 cm³/mol. The zero-order chi connectivity index (χ0) is 28.5. The minimum absolute atomic E-state index is 0.150. The summed E-state index contributed by atoms with van der Waals surface area (Å²) in [7, 11) is 0. The molecule has 0 fully saturated rings. The monoisotopic (exact) mass is 542 g/mol. The van der Waals surface area contributed by atoms with Gasteiger partial charge in [-0.3, -0.25) is 9.98 Å². The van der Waals surface area contributed by atoms with Crippen molar-refractivity contribution in [3.8, 4) is 23.3 Å².